The lowest BCUT2D eigenvalue weighted by Gasteiger charge is -2.27. The maximum atomic E-state index is 13.5. The van der Waals surface area contributed by atoms with E-state index in [1.165, 1.54) is 19.3 Å². The number of anilines is 1. The van der Waals surface area contributed by atoms with E-state index >= 15 is 0 Å². The van der Waals surface area contributed by atoms with Crippen LogP contribution in [0.2, 0.25) is 0 Å². The third-order valence-electron chi connectivity index (χ3n) is 7.20. The quantitative estimate of drug-likeness (QED) is 0.342. The summed E-state index contributed by atoms with van der Waals surface area (Å²) in [5.41, 5.74) is 2.84. The number of carbonyl (C=O) groups excluding carboxylic acids is 2. The molecular weight excluding hydrogens is 448 g/mol. The molecule has 0 unspecified atom stereocenters. The van der Waals surface area contributed by atoms with Gasteiger partial charge < -0.3 is 14.8 Å². The van der Waals surface area contributed by atoms with Crippen LogP contribution in [0.3, 0.4) is 0 Å². The van der Waals surface area contributed by atoms with Gasteiger partial charge in [0.2, 0.25) is 11.8 Å². The van der Waals surface area contributed by atoms with Crippen LogP contribution >= 0.6 is 0 Å². The summed E-state index contributed by atoms with van der Waals surface area (Å²) >= 11 is 0. The van der Waals surface area contributed by atoms with Gasteiger partial charge in [-0.15, -0.1) is 0 Å². The summed E-state index contributed by atoms with van der Waals surface area (Å²) in [5, 5.41) is 3.14. The minimum Gasteiger partial charge on any atom is -0.356 e. The molecule has 1 aromatic heterocycles. The van der Waals surface area contributed by atoms with Gasteiger partial charge in [0.25, 0.3) is 0 Å². The fourth-order valence-electron chi connectivity index (χ4n) is 5.33. The zero-order valence-electron chi connectivity index (χ0n) is 21.8. The van der Waals surface area contributed by atoms with Crippen molar-refractivity contribution in [2.45, 2.75) is 84.2 Å². The van der Waals surface area contributed by atoms with Crippen molar-refractivity contribution in [2.24, 2.45) is 5.92 Å². The minimum absolute atomic E-state index is 0.0574. The first-order valence-electron chi connectivity index (χ1n) is 13.6. The molecule has 6 nitrogen and oxygen atoms in total. The van der Waals surface area contributed by atoms with Gasteiger partial charge in [-0.3, -0.25) is 9.59 Å². The summed E-state index contributed by atoms with van der Waals surface area (Å²) in [4.78, 5) is 32.6. The van der Waals surface area contributed by atoms with Crippen LogP contribution in [-0.2, 0) is 22.6 Å². The van der Waals surface area contributed by atoms with Crippen LogP contribution in [0.25, 0.3) is 11.0 Å². The van der Waals surface area contributed by atoms with Gasteiger partial charge >= 0.3 is 0 Å². The van der Waals surface area contributed by atoms with Gasteiger partial charge in [0.15, 0.2) is 0 Å². The van der Waals surface area contributed by atoms with Crippen molar-refractivity contribution < 1.29 is 9.59 Å². The molecule has 2 amide bonds. The van der Waals surface area contributed by atoms with Gasteiger partial charge in [0.05, 0.1) is 11.0 Å². The van der Waals surface area contributed by atoms with Crippen molar-refractivity contribution in [3.8, 4) is 0 Å². The minimum atomic E-state index is 0.0574. The second-order valence-corrected chi connectivity index (χ2v) is 10.2. The number of amides is 2. The number of nitrogens with zero attached hydrogens (tertiary/aromatic N) is 3. The molecule has 36 heavy (non-hydrogen) atoms. The summed E-state index contributed by atoms with van der Waals surface area (Å²) in [7, 11) is 0. The van der Waals surface area contributed by atoms with Gasteiger partial charge in [-0.2, -0.15) is 0 Å². The molecule has 1 aliphatic carbocycles. The molecule has 1 saturated carbocycles. The molecule has 0 bridgehead atoms. The van der Waals surface area contributed by atoms with E-state index in [-0.39, 0.29) is 30.3 Å². The van der Waals surface area contributed by atoms with Crippen molar-refractivity contribution >= 4 is 28.5 Å². The molecule has 4 rings (SSSR count). The van der Waals surface area contributed by atoms with E-state index in [1.807, 2.05) is 73.3 Å². The third-order valence-corrected chi connectivity index (χ3v) is 7.20. The molecule has 0 aliphatic heterocycles. The number of para-hydroxylation sites is 3. The Morgan fingerprint density at radius 1 is 0.972 bits per heavy atom. The molecule has 1 N–H and O–H groups in total. The summed E-state index contributed by atoms with van der Waals surface area (Å²) in [5.74, 6) is 1.47. The van der Waals surface area contributed by atoms with Gasteiger partial charge in [-0.25, -0.2) is 4.98 Å². The lowest BCUT2D eigenvalue weighted by Crippen LogP contribution is -2.39. The molecule has 1 fully saturated rings. The average molecular weight is 489 g/mol. The second kappa shape index (κ2) is 12.7. The summed E-state index contributed by atoms with van der Waals surface area (Å²) in [6.45, 7) is 5.10. The Bertz CT molecular complexity index is 1130. The van der Waals surface area contributed by atoms with E-state index in [1.54, 1.807) is 0 Å². The first kappa shape index (κ1) is 25.9. The number of hydrogen-bond donors (Lipinski definition) is 1. The summed E-state index contributed by atoms with van der Waals surface area (Å²) in [6.07, 6.45) is 9.48. The highest BCUT2D eigenvalue weighted by Gasteiger charge is 2.22. The number of carbonyl (C=O) groups is 2. The number of hydrogen-bond acceptors (Lipinski definition) is 3. The van der Waals surface area contributed by atoms with Crippen LogP contribution in [-0.4, -0.2) is 34.0 Å². The zero-order chi connectivity index (χ0) is 25.3. The van der Waals surface area contributed by atoms with Gasteiger partial charge in [-0.05, 0) is 63.8 Å². The molecule has 1 heterocycles. The molecule has 0 atom stereocenters. The SMILES string of the molecule is CC(C)N(C(=O)Cn1c(CCCCCNC(=O)C2CCCCC2)nc2ccccc21)c1ccccc1. The molecule has 6 heteroatoms. The fraction of sp³-hybridized carbons (Fsp3) is 0.500. The Morgan fingerprint density at radius 3 is 2.44 bits per heavy atom. The third kappa shape index (κ3) is 6.54. The van der Waals surface area contributed by atoms with E-state index in [0.29, 0.717) is 0 Å². The summed E-state index contributed by atoms with van der Waals surface area (Å²) in [6, 6.07) is 18.0. The van der Waals surface area contributed by atoms with E-state index in [0.717, 1.165) is 67.6 Å². The Kier molecular flexibility index (Phi) is 9.15. The number of fused-ring (bicyclic) bond motifs is 1. The number of nitrogens with one attached hydrogen (secondary N) is 1. The second-order valence-electron chi connectivity index (χ2n) is 10.2. The Morgan fingerprint density at radius 2 is 1.69 bits per heavy atom. The highest BCUT2D eigenvalue weighted by Crippen LogP contribution is 2.24. The number of benzene rings is 2. The normalized spacial score (nSPS) is 14.3. The van der Waals surface area contributed by atoms with Crippen LogP contribution in [0.1, 0.15) is 71.0 Å². The van der Waals surface area contributed by atoms with Crippen molar-refractivity contribution in [2.75, 3.05) is 11.4 Å². The van der Waals surface area contributed by atoms with E-state index in [9.17, 15) is 9.59 Å². The Hall–Kier alpha value is -3.15. The van der Waals surface area contributed by atoms with E-state index < -0.39 is 0 Å². The molecular formula is C30H40N4O2. The van der Waals surface area contributed by atoms with Crippen LogP contribution in [0.4, 0.5) is 5.69 Å². The van der Waals surface area contributed by atoms with Gasteiger partial charge in [-0.1, -0.05) is 56.0 Å². The number of rotatable bonds is 11. The van der Waals surface area contributed by atoms with Crippen LogP contribution in [0.5, 0.6) is 0 Å². The molecule has 0 spiro atoms. The molecule has 2 aromatic carbocycles. The average Bonchev–Trinajstić information content (AvgIpc) is 3.24. The maximum absolute atomic E-state index is 13.5. The van der Waals surface area contributed by atoms with Crippen molar-refractivity contribution in [1.82, 2.24) is 14.9 Å². The molecule has 192 valence electrons. The van der Waals surface area contributed by atoms with Crippen molar-refractivity contribution in [3.63, 3.8) is 0 Å². The maximum Gasteiger partial charge on any atom is 0.247 e. The predicted octanol–water partition coefficient (Wildman–Crippen LogP) is 5.89. The highest BCUT2D eigenvalue weighted by molar-refractivity contribution is 5.94. The number of aryl methyl sites for hydroxylation is 1. The zero-order valence-corrected chi connectivity index (χ0v) is 21.8. The number of aromatic nitrogens is 2. The fourth-order valence-corrected chi connectivity index (χ4v) is 5.33. The number of imidazole rings is 1. The van der Waals surface area contributed by atoms with Crippen LogP contribution < -0.4 is 10.2 Å². The molecule has 3 aromatic rings. The smallest absolute Gasteiger partial charge is 0.247 e. The first-order valence-corrected chi connectivity index (χ1v) is 13.6. The van der Waals surface area contributed by atoms with Crippen LogP contribution in [0.15, 0.2) is 54.6 Å². The molecule has 0 radical (unpaired) electrons. The number of unbranched alkanes of at least 4 members (excludes halogenated alkanes) is 2. The van der Waals surface area contributed by atoms with Gasteiger partial charge in [0.1, 0.15) is 12.4 Å². The Balaban J connectivity index is 1.36. The Labute approximate surface area is 215 Å². The molecule has 1 aliphatic rings. The molecule has 0 saturated heterocycles. The monoisotopic (exact) mass is 488 g/mol. The predicted molar refractivity (Wildman–Crippen MR) is 146 cm³/mol. The highest BCUT2D eigenvalue weighted by atomic mass is 16.2. The van der Waals surface area contributed by atoms with E-state index in [2.05, 4.69) is 9.88 Å². The van der Waals surface area contributed by atoms with Crippen molar-refractivity contribution in [1.29, 1.82) is 0 Å². The first-order chi connectivity index (χ1) is 17.5. The summed E-state index contributed by atoms with van der Waals surface area (Å²) < 4.78 is 2.08. The lowest BCUT2D eigenvalue weighted by atomic mass is 9.89. The topological polar surface area (TPSA) is 67.2 Å². The van der Waals surface area contributed by atoms with Crippen LogP contribution in [0, 0.1) is 5.92 Å². The van der Waals surface area contributed by atoms with Gasteiger partial charge in [0, 0.05) is 30.6 Å². The van der Waals surface area contributed by atoms with E-state index in [4.69, 9.17) is 4.98 Å². The standard InChI is InChI=1S/C30H40N4O2/c1-23(2)34(25-16-8-4-9-17-25)29(35)22-33-27-19-12-11-18-26(27)32-28(33)20-10-5-13-21-31-30(36)24-14-6-3-7-15-24/h4,8-9,11-12,16-19,23-24H,3,5-7,10,13-15,20-22H2,1-2H3,(H,31,36). The lowest BCUT2D eigenvalue weighted by molar-refractivity contribution is -0.126. The van der Waals surface area contributed by atoms with Crippen molar-refractivity contribution in [3.05, 3.63) is 60.4 Å². The largest absolute Gasteiger partial charge is 0.356 e.